The Morgan fingerprint density at radius 1 is 1.25 bits per heavy atom. The Morgan fingerprint density at radius 3 is 2.54 bits per heavy atom. The van der Waals surface area contributed by atoms with E-state index >= 15 is 0 Å². The molecule has 2 aromatic rings. The molecule has 1 aliphatic rings. The Morgan fingerprint density at radius 2 is 1.96 bits per heavy atom. The fraction of sp³-hybridized carbons (Fsp3) is 0.364. The fourth-order valence-electron chi connectivity index (χ4n) is 2.71. The summed E-state index contributed by atoms with van der Waals surface area (Å²) in [6, 6.07) is 3.81. The van der Waals surface area contributed by atoms with Crippen LogP contribution in [0.5, 0.6) is 5.75 Å². The molecule has 0 fully saturated rings. The number of carbonyl (C=O) groups is 1. The molecule has 28 heavy (non-hydrogen) atoms. The van der Waals surface area contributed by atoms with Crippen LogP contribution >= 0.6 is 11.6 Å². The third-order valence-corrected chi connectivity index (χ3v) is 4.23. The van der Waals surface area contributed by atoms with Crippen molar-refractivity contribution in [2.24, 2.45) is 0 Å². The molecule has 1 N–H and O–H groups in total. The molecule has 0 radical (unpaired) electrons. The average Bonchev–Trinajstić information content (AvgIpc) is 3.07. The van der Waals surface area contributed by atoms with Gasteiger partial charge >= 0.3 is 5.97 Å². The van der Waals surface area contributed by atoms with Gasteiger partial charge in [0.25, 0.3) is 0 Å². The molecule has 0 bridgehead atoms. The maximum atomic E-state index is 10.9. The zero-order chi connectivity index (χ0) is 21.1. The summed E-state index contributed by atoms with van der Waals surface area (Å²) in [6.45, 7) is 8.64. The van der Waals surface area contributed by atoms with E-state index in [2.05, 4.69) is 4.98 Å². The van der Waals surface area contributed by atoms with Crippen LogP contribution in [-0.4, -0.2) is 27.7 Å². The van der Waals surface area contributed by atoms with Gasteiger partial charge in [0.15, 0.2) is 0 Å². The standard InChI is InChI=1S/C18H17ClN2O3.2C2H6/c1-24-16-9-13-8-15(6-7-17(22)23)21(18(13)20-10-16)11-12-2-4-14(19)5-3-12;2*1-2/h2,4,6-10H,3,5,11H2,1H3,(H,22,23);2*1-2H3/b7-6+;;. The number of halogens is 1. The molecule has 6 heteroatoms. The molecule has 0 spiro atoms. The van der Waals surface area contributed by atoms with E-state index in [1.54, 1.807) is 19.4 Å². The van der Waals surface area contributed by atoms with Crippen molar-refractivity contribution in [2.45, 2.75) is 47.1 Å². The van der Waals surface area contributed by atoms with E-state index in [1.807, 2.05) is 56.5 Å². The Hall–Kier alpha value is -2.53. The summed E-state index contributed by atoms with van der Waals surface area (Å²) in [5.41, 5.74) is 2.80. The van der Waals surface area contributed by atoms with Gasteiger partial charge in [0.05, 0.1) is 13.3 Å². The van der Waals surface area contributed by atoms with Crippen LogP contribution in [0.1, 0.15) is 46.2 Å². The number of aromatic nitrogens is 2. The number of ether oxygens (including phenoxy) is 1. The van der Waals surface area contributed by atoms with Crippen LogP contribution < -0.4 is 4.74 Å². The highest BCUT2D eigenvalue weighted by Gasteiger charge is 2.13. The minimum Gasteiger partial charge on any atom is -0.495 e. The van der Waals surface area contributed by atoms with Crippen LogP contribution in [0.4, 0.5) is 0 Å². The number of methoxy groups -OCH3 is 1. The van der Waals surface area contributed by atoms with Gasteiger partial charge in [-0.1, -0.05) is 50.9 Å². The monoisotopic (exact) mass is 404 g/mol. The zero-order valence-corrected chi connectivity index (χ0v) is 18.0. The van der Waals surface area contributed by atoms with Crippen LogP contribution in [0, 0.1) is 0 Å². The first kappa shape index (κ1) is 23.5. The molecular formula is C22H29ClN2O3. The van der Waals surface area contributed by atoms with Gasteiger partial charge in [0, 0.05) is 28.7 Å². The first-order valence-corrected chi connectivity index (χ1v) is 9.93. The van der Waals surface area contributed by atoms with Gasteiger partial charge < -0.3 is 14.4 Å². The molecule has 0 unspecified atom stereocenters. The van der Waals surface area contributed by atoms with Crippen LogP contribution in [0.2, 0.25) is 0 Å². The molecule has 5 nitrogen and oxygen atoms in total. The van der Waals surface area contributed by atoms with Crippen LogP contribution in [0.15, 0.2) is 47.2 Å². The SMILES string of the molecule is CC.CC.COc1cnc2c(c1)cc(/C=C/C(=O)O)n2CC1=CC=C(Cl)CC1. The zero-order valence-electron chi connectivity index (χ0n) is 17.2. The van der Waals surface area contributed by atoms with E-state index in [4.69, 9.17) is 21.4 Å². The average molecular weight is 405 g/mol. The van der Waals surface area contributed by atoms with Gasteiger partial charge in [0.2, 0.25) is 0 Å². The number of carboxylic acid groups (broad SMARTS) is 1. The van der Waals surface area contributed by atoms with E-state index in [9.17, 15) is 4.79 Å². The van der Waals surface area contributed by atoms with Crippen LogP contribution in [0.3, 0.4) is 0 Å². The van der Waals surface area contributed by atoms with Crippen molar-refractivity contribution in [3.63, 3.8) is 0 Å². The first-order valence-electron chi connectivity index (χ1n) is 9.55. The minimum atomic E-state index is -0.982. The molecule has 0 saturated carbocycles. The van der Waals surface area contributed by atoms with E-state index < -0.39 is 5.97 Å². The summed E-state index contributed by atoms with van der Waals surface area (Å²) in [5, 5.41) is 10.7. The summed E-state index contributed by atoms with van der Waals surface area (Å²) >= 11 is 6.02. The molecule has 0 saturated heterocycles. The van der Waals surface area contributed by atoms with Gasteiger partial charge in [-0.25, -0.2) is 9.78 Å². The minimum absolute atomic E-state index is 0.642. The molecule has 0 atom stereocenters. The Balaban J connectivity index is 0.000000921. The third-order valence-electron chi connectivity index (χ3n) is 3.92. The normalized spacial score (nSPS) is 13.1. The van der Waals surface area contributed by atoms with E-state index in [0.29, 0.717) is 12.3 Å². The number of hydrogen-bond acceptors (Lipinski definition) is 3. The van der Waals surface area contributed by atoms with Crippen molar-refractivity contribution < 1.29 is 14.6 Å². The van der Waals surface area contributed by atoms with Crippen molar-refractivity contribution in [1.29, 1.82) is 0 Å². The second kappa shape index (κ2) is 12.0. The highest BCUT2D eigenvalue weighted by Crippen LogP contribution is 2.27. The van der Waals surface area contributed by atoms with Crippen molar-refractivity contribution in [3.05, 3.63) is 52.9 Å². The molecule has 0 amide bonds. The predicted octanol–water partition coefficient (Wildman–Crippen LogP) is 6.04. The second-order valence-corrected chi connectivity index (χ2v) is 6.04. The Labute approximate surface area is 172 Å². The van der Waals surface area contributed by atoms with E-state index in [0.717, 1.165) is 40.7 Å². The number of hydrogen-bond donors (Lipinski definition) is 1. The number of pyridine rings is 1. The summed E-state index contributed by atoms with van der Waals surface area (Å²) < 4.78 is 7.22. The number of fused-ring (bicyclic) bond motifs is 1. The van der Waals surface area contributed by atoms with E-state index in [1.165, 1.54) is 5.57 Å². The highest BCUT2D eigenvalue weighted by atomic mass is 35.5. The third kappa shape index (κ3) is 6.27. The number of allylic oxidation sites excluding steroid dienone is 4. The largest absolute Gasteiger partial charge is 0.495 e. The quantitative estimate of drug-likeness (QED) is 0.617. The number of aliphatic carboxylic acids is 1. The molecular weight excluding hydrogens is 376 g/mol. The van der Waals surface area contributed by atoms with Crippen molar-refractivity contribution in [3.8, 4) is 5.75 Å². The molecule has 3 rings (SSSR count). The van der Waals surface area contributed by atoms with Crippen molar-refractivity contribution >= 4 is 34.7 Å². The number of carboxylic acids is 1. The molecule has 1 aliphatic carbocycles. The second-order valence-electron chi connectivity index (χ2n) is 5.55. The molecule has 0 aromatic carbocycles. The van der Waals surface area contributed by atoms with Crippen LogP contribution in [0.25, 0.3) is 17.1 Å². The topological polar surface area (TPSA) is 64.3 Å². The molecule has 0 aliphatic heterocycles. The lowest BCUT2D eigenvalue weighted by atomic mass is 10.0. The lowest BCUT2D eigenvalue weighted by Gasteiger charge is -2.14. The predicted molar refractivity (Wildman–Crippen MR) is 117 cm³/mol. The smallest absolute Gasteiger partial charge is 0.328 e. The summed E-state index contributed by atoms with van der Waals surface area (Å²) in [4.78, 5) is 15.3. The lowest BCUT2D eigenvalue weighted by Crippen LogP contribution is -2.06. The van der Waals surface area contributed by atoms with E-state index in [-0.39, 0.29) is 0 Å². The summed E-state index contributed by atoms with van der Waals surface area (Å²) in [7, 11) is 1.59. The Kier molecular flexibility index (Phi) is 10.1. The molecule has 152 valence electrons. The maximum absolute atomic E-state index is 10.9. The number of nitrogens with zero attached hydrogens (tertiary/aromatic N) is 2. The summed E-state index contributed by atoms with van der Waals surface area (Å²) in [6.07, 6.45) is 10.0. The van der Waals surface area contributed by atoms with Crippen molar-refractivity contribution in [2.75, 3.05) is 7.11 Å². The lowest BCUT2D eigenvalue weighted by molar-refractivity contribution is -0.131. The van der Waals surface area contributed by atoms with Crippen LogP contribution in [-0.2, 0) is 11.3 Å². The van der Waals surface area contributed by atoms with Gasteiger partial charge in [0.1, 0.15) is 11.4 Å². The Bertz CT molecular complexity index is 879. The van der Waals surface area contributed by atoms with Gasteiger partial charge in [-0.15, -0.1) is 0 Å². The maximum Gasteiger partial charge on any atom is 0.328 e. The van der Waals surface area contributed by atoms with Gasteiger partial charge in [-0.05, 0) is 37.1 Å². The van der Waals surface area contributed by atoms with Crippen molar-refractivity contribution in [1.82, 2.24) is 9.55 Å². The van der Waals surface area contributed by atoms with Gasteiger partial charge in [-0.3, -0.25) is 0 Å². The highest BCUT2D eigenvalue weighted by molar-refractivity contribution is 6.29. The van der Waals surface area contributed by atoms with Gasteiger partial charge in [-0.2, -0.15) is 0 Å². The summed E-state index contributed by atoms with van der Waals surface area (Å²) in [5.74, 6) is -0.316. The molecule has 2 heterocycles. The number of rotatable bonds is 5. The molecule has 2 aromatic heterocycles. The fourth-order valence-corrected chi connectivity index (χ4v) is 2.87. The first-order chi connectivity index (χ1) is 13.6.